The van der Waals surface area contributed by atoms with Gasteiger partial charge in [0.1, 0.15) is 6.10 Å². The second-order valence-corrected chi connectivity index (χ2v) is 5.54. The highest BCUT2D eigenvalue weighted by Crippen LogP contribution is 2.30. The summed E-state index contributed by atoms with van der Waals surface area (Å²) in [5.41, 5.74) is 1.03. The Morgan fingerprint density at radius 3 is 2.89 bits per heavy atom. The monoisotopic (exact) mass is 333 g/mol. The van der Waals surface area contributed by atoms with E-state index in [0.29, 0.717) is 0 Å². The summed E-state index contributed by atoms with van der Waals surface area (Å²) < 4.78 is 31.5. The number of esters is 1. The number of benzene rings is 1. The zero-order valence-corrected chi connectivity index (χ0v) is 11.9. The Labute approximate surface area is 118 Å². The maximum absolute atomic E-state index is 13.0. The summed E-state index contributed by atoms with van der Waals surface area (Å²) >= 11 is 3.37. The molecule has 3 nitrogen and oxygen atoms in total. The standard InChI is InChI=1S/C13H14BrF2NO2/c1-8(9-3-2-4-10(14)5-9)17-7-11-6-13(15,16)12(18)19-11/h2-5,8,11,17H,6-7H2,1H3/t8-,11?/m1/s1. The first-order chi connectivity index (χ1) is 8.88. The summed E-state index contributed by atoms with van der Waals surface area (Å²) in [6.45, 7) is 2.14. The number of hydrogen-bond acceptors (Lipinski definition) is 3. The van der Waals surface area contributed by atoms with Crippen molar-refractivity contribution in [3.8, 4) is 0 Å². The van der Waals surface area contributed by atoms with E-state index in [4.69, 9.17) is 0 Å². The molecule has 0 aliphatic carbocycles. The molecule has 6 heteroatoms. The molecule has 1 aromatic rings. The van der Waals surface area contributed by atoms with E-state index in [-0.39, 0.29) is 12.6 Å². The minimum absolute atomic E-state index is 0.00887. The lowest BCUT2D eigenvalue weighted by molar-refractivity contribution is -0.159. The van der Waals surface area contributed by atoms with E-state index in [1.54, 1.807) is 0 Å². The van der Waals surface area contributed by atoms with Crippen LogP contribution in [-0.2, 0) is 9.53 Å². The summed E-state index contributed by atoms with van der Waals surface area (Å²) in [6, 6.07) is 7.70. The van der Waals surface area contributed by atoms with Gasteiger partial charge in [0, 0.05) is 17.1 Å². The predicted molar refractivity (Wildman–Crippen MR) is 70.0 cm³/mol. The molecule has 0 bridgehead atoms. The van der Waals surface area contributed by atoms with Gasteiger partial charge >= 0.3 is 11.9 Å². The number of cyclic esters (lactones) is 1. The van der Waals surface area contributed by atoms with Gasteiger partial charge in [-0.15, -0.1) is 0 Å². The Bertz CT molecular complexity index is 481. The van der Waals surface area contributed by atoms with Crippen molar-refractivity contribution in [2.75, 3.05) is 6.54 Å². The fraction of sp³-hybridized carbons (Fsp3) is 0.462. The van der Waals surface area contributed by atoms with Crippen LogP contribution < -0.4 is 5.32 Å². The molecule has 1 saturated heterocycles. The second-order valence-electron chi connectivity index (χ2n) is 4.62. The van der Waals surface area contributed by atoms with E-state index in [1.807, 2.05) is 31.2 Å². The van der Waals surface area contributed by atoms with Crippen LogP contribution in [0.1, 0.15) is 24.9 Å². The zero-order valence-electron chi connectivity index (χ0n) is 10.3. The third-order valence-corrected chi connectivity index (χ3v) is 3.55. The molecule has 19 heavy (non-hydrogen) atoms. The van der Waals surface area contributed by atoms with Crippen molar-refractivity contribution in [1.29, 1.82) is 0 Å². The summed E-state index contributed by atoms with van der Waals surface area (Å²) in [7, 11) is 0. The van der Waals surface area contributed by atoms with Crippen LogP contribution in [0.4, 0.5) is 8.78 Å². The minimum Gasteiger partial charge on any atom is -0.456 e. The quantitative estimate of drug-likeness (QED) is 0.860. The largest absolute Gasteiger partial charge is 0.456 e. The van der Waals surface area contributed by atoms with Gasteiger partial charge in [-0.2, -0.15) is 8.78 Å². The van der Waals surface area contributed by atoms with E-state index in [1.165, 1.54) is 0 Å². The van der Waals surface area contributed by atoms with Gasteiger partial charge in [-0.1, -0.05) is 28.1 Å². The molecule has 0 radical (unpaired) electrons. The predicted octanol–water partition coefficient (Wildman–Crippen LogP) is 3.05. The number of nitrogens with one attached hydrogen (secondary N) is 1. The van der Waals surface area contributed by atoms with Crippen molar-refractivity contribution in [1.82, 2.24) is 5.32 Å². The Kier molecular flexibility index (Phi) is 4.20. The van der Waals surface area contributed by atoms with E-state index in [2.05, 4.69) is 26.0 Å². The first kappa shape index (κ1) is 14.4. The van der Waals surface area contributed by atoms with E-state index < -0.39 is 24.4 Å². The van der Waals surface area contributed by atoms with E-state index in [0.717, 1.165) is 10.0 Å². The summed E-state index contributed by atoms with van der Waals surface area (Å²) in [6.07, 6.45) is -1.32. The number of carbonyl (C=O) groups excluding carboxylic acids is 1. The second kappa shape index (κ2) is 5.54. The molecule has 0 aromatic heterocycles. The van der Waals surface area contributed by atoms with Gasteiger partial charge in [-0.3, -0.25) is 0 Å². The van der Waals surface area contributed by atoms with Crippen molar-refractivity contribution in [2.24, 2.45) is 0 Å². The molecule has 1 aliphatic heterocycles. The lowest BCUT2D eigenvalue weighted by atomic mass is 10.1. The number of ether oxygens (including phenoxy) is 1. The number of rotatable bonds is 4. The maximum Gasteiger partial charge on any atom is 0.377 e. The summed E-state index contributed by atoms with van der Waals surface area (Å²) in [5.74, 6) is -4.76. The van der Waals surface area contributed by atoms with Gasteiger partial charge in [0.05, 0.1) is 6.42 Å². The highest BCUT2D eigenvalue weighted by molar-refractivity contribution is 9.10. The summed E-state index contributed by atoms with van der Waals surface area (Å²) in [5, 5.41) is 3.10. The highest BCUT2D eigenvalue weighted by Gasteiger charge is 2.50. The topological polar surface area (TPSA) is 38.3 Å². The third-order valence-electron chi connectivity index (χ3n) is 3.06. The fourth-order valence-electron chi connectivity index (χ4n) is 1.96. The van der Waals surface area contributed by atoms with E-state index >= 15 is 0 Å². The van der Waals surface area contributed by atoms with Gasteiger partial charge < -0.3 is 10.1 Å². The van der Waals surface area contributed by atoms with E-state index in [9.17, 15) is 13.6 Å². The SMILES string of the molecule is C[C@@H](NCC1CC(F)(F)C(=O)O1)c1cccc(Br)c1. The molecule has 0 spiro atoms. The average Bonchev–Trinajstić information content (AvgIpc) is 2.60. The van der Waals surface area contributed by atoms with Crippen molar-refractivity contribution in [3.05, 3.63) is 34.3 Å². The number of hydrogen-bond donors (Lipinski definition) is 1. The molecule has 0 amide bonds. The molecule has 1 unspecified atom stereocenters. The normalized spacial score (nSPS) is 23.2. The first-order valence-corrected chi connectivity index (χ1v) is 6.75. The molecule has 1 N–H and O–H groups in total. The molecule has 1 aliphatic rings. The van der Waals surface area contributed by atoms with Crippen LogP contribution >= 0.6 is 15.9 Å². The molecule has 1 fully saturated rings. The molecular formula is C13H14BrF2NO2. The van der Waals surface area contributed by atoms with Crippen LogP contribution in [0.5, 0.6) is 0 Å². The third kappa shape index (κ3) is 3.51. The molecule has 2 atom stereocenters. The fourth-order valence-corrected chi connectivity index (χ4v) is 2.38. The van der Waals surface area contributed by atoms with Crippen molar-refractivity contribution in [3.63, 3.8) is 0 Å². The van der Waals surface area contributed by atoms with Gasteiger partial charge in [0.15, 0.2) is 0 Å². The van der Waals surface area contributed by atoms with Crippen molar-refractivity contribution < 1.29 is 18.3 Å². The van der Waals surface area contributed by atoms with Crippen molar-refractivity contribution >= 4 is 21.9 Å². The molecule has 104 valence electrons. The smallest absolute Gasteiger partial charge is 0.377 e. The zero-order chi connectivity index (χ0) is 14.0. The van der Waals surface area contributed by atoms with Crippen LogP contribution in [0, 0.1) is 0 Å². The highest BCUT2D eigenvalue weighted by atomic mass is 79.9. The van der Waals surface area contributed by atoms with Crippen LogP contribution in [0.15, 0.2) is 28.7 Å². The molecule has 1 aromatic carbocycles. The van der Waals surface area contributed by atoms with Gasteiger partial charge in [0.25, 0.3) is 0 Å². The Hall–Kier alpha value is -1.01. The van der Waals surface area contributed by atoms with Crippen molar-refractivity contribution in [2.45, 2.75) is 31.4 Å². The average molecular weight is 334 g/mol. The molecule has 2 rings (SSSR count). The van der Waals surface area contributed by atoms with Crippen LogP contribution in [-0.4, -0.2) is 24.5 Å². The number of carbonyl (C=O) groups is 1. The van der Waals surface area contributed by atoms with Crippen LogP contribution in [0.25, 0.3) is 0 Å². The molecular weight excluding hydrogens is 320 g/mol. The van der Waals surface area contributed by atoms with Gasteiger partial charge in [-0.25, -0.2) is 4.79 Å². The lowest BCUT2D eigenvalue weighted by Gasteiger charge is -2.17. The Morgan fingerprint density at radius 2 is 2.32 bits per heavy atom. The molecule has 0 saturated carbocycles. The summed E-state index contributed by atoms with van der Waals surface area (Å²) in [4.78, 5) is 10.9. The maximum atomic E-state index is 13.0. The van der Waals surface area contributed by atoms with Crippen LogP contribution in [0.3, 0.4) is 0 Å². The Morgan fingerprint density at radius 1 is 1.58 bits per heavy atom. The lowest BCUT2D eigenvalue weighted by Crippen LogP contribution is -2.29. The van der Waals surface area contributed by atoms with Crippen LogP contribution in [0.2, 0.25) is 0 Å². The Balaban J connectivity index is 1.88. The first-order valence-electron chi connectivity index (χ1n) is 5.96. The van der Waals surface area contributed by atoms with Gasteiger partial charge in [-0.05, 0) is 24.6 Å². The van der Waals surface area contributed by atoms with Gasteiger partial charge in [0.2, 0.25) is 0 Å². The minimum atomic E-state index is -3.34. The number of halogens is 3. The number of alkyl halides is 2. The molecule has 1 heterocycles.